The van der Waals surface area contributed by atoms with E-state index in [4.69, 9.17) is 4.74 Å². The topological polar surface area (TPSA) is 34.1 Å². The number of ether oxygens (including phenoxy) is 1. The Morgan fingerprint density at radius 2 is 2.20 bits per heavy atom. The standard InChI is InChI=1S/C15H19FN2OS/c1-10-9-20-15(18-10)8-12(17-2)6-11-4-5-14(19-3)13(16)7-11/h4-5,7,9,12,17H,6,8H2,1-3H3. The molecule has 0 saturated carbocycles. The Morgan fingerprint density at radius 1 is 1.40 bits per heavy atom. The summed E-state index contributed by atoms with van der Waals surface area (Å²) in [6, 6.07) is 5.36. The molecular weight excluding hydrogens is 275 g/mol. The van der Waals surface area contributed by atoms with Crippen LogP contribution < -0.4 is 10.1 Å². The van der Waals surface area contributed by atoms with E-state index in [1.807, 2.05) is 20.0 Å². The average molecular weight is 294 g/mol. The molecule has 1 unspecified atom stereocenters. The van der Waals surface area contributed by atoms with Crippen LogP contribution in [0.5, 0.6) is 5.75 Å². The third-order valence-corrected chi connectivity index (χ3v) is 4.18. The molecule has 0 amide bonds. The minimum absolute atomic E-state index is 0.244. The number of likely N-dealkylation sites (N-methyl/N-ethyl adjacent to an activating group) is 1. The molecule has 0 aliphatic rings. The lowest BCUT2D eigenvalue weighted by Gasteiger charge is -2.15. The Bertz CT molecular complexity index is 571. The summed E-state index contributed by atoms with van der Waals surface area (Å²) in [5, 5.41) is 6.43. The normalized spacial score (nSPS) is 12.4. The van der Waals surface area contributed by atoms with Crippen molar-refractivity contribution in [2.24, 2.45) is 0 Å². The minimum atomic E-state index is -0.315. The number of benzene rings is 1. The Labute approximate surface area is 122 Å². The highest BCUT2D eigenvalue weighted by Gasteiger charge is 2.12. The first kappa shape index (κ1) is 14.9. The van der Waals surface area contributed by atoms with Gasteiger partial charge in [-0.05, 0) is 38.1 Å². The first-order valence-corrected chi connectivity index (χ1v) is 7.41. The maximum atomic E-state index is 13.7. The number of halogens is 1. The van der Waals surface area contributed by atoms with Crippen molar-refractivity contribution in [3.63, 3.8) is 0 Å². The van der Waals surface area contributed by atoms with Crippen LogP contribution in [0, 0.1) is 12.7 Å². The summed E-state index contributed by atoms with van der Waals surface area (Å²) in [4.78, 5) is 4.47. The van der Waals surface area contributed by atoms with Crippen LogP contribution in [0.3, 0.4) is 0 Å². The predicted octanol–water partition coefficient (Wildman–Crippen LogP) is 2.97. The average Bonchev–Trinajstić information content (AvgIpc) is 2.83. The van der Waals surface area contributed by atoms with Gasteiger partial charge in [-0.25, -0.2) is 9.37 Å². The van der Waals surface area contributed by atoms with Gasteiger partial charge in [-0.15, -0.1) is 11.3 Å². The number of nitrogens with one attached hydrogen (secondary N) is 1. The first-order valence-electron chi connectivity index (χ1n) is 6.53. The molecule has 1 aromatic heterocycles. The number of aryl methyl sites for hydroxylation is 1. The van der Waals surface area contributed by atoms with Crippen molar-refractivity contribution in [2.45, 2.75) is 25.8 Å². The number of rotatable bonds is 6. The zero-order valence-corrected chi connectivity index (χ0v) is 12.8. The van der Waals surface area contributed by atoms with Crippen molar-refractivity contribution in [1.29, 1.82) is 0 Å². The van der Waals surface area contributed by atoms with Gasteiger partial charge in [-0.1, -0.05) is 6.07 Å². The molecule has 0 aliphatic heterocycles. The van der Waals surface area contributed by atoms with E-state index in [0.29, 0.717) is 0 Å². The lowest BCUT2D eigenvalue weighted by atomic mass is 10.0. The summed E-state index contributed by atoms with van der Waals surface area (Å²) < 4.78 is 18.6. The van der Waals surface area contributed by atoms with Crippen LogP contribution in [-0.4, -0.2) is 25.2 Å². The molecular formula is C15H19FN2OS. The lowest BCUT2D eigenvalue weighted by Crippen LogP contribution is -2.29. The van der Waals surface area contributed by atoms with Crippen molar-refractivity contribution < 1.29 is 9.13 Å². The van der Waals surface area contributed by atoms with Gasteiger partial charge in [-0.3, -0.25) is 0 Å². The van der Waals surface area contributed by atoms with Crippen LogP contribution in [0.4, 0.5) is 4.39 Å². The fourth-order valence-electron chi connectivity index (χ4n) is 2.10. The van der Waals surface area contributed by atoms with Gasteiger partial charge in [0.15, 0.2) is 11.6 Å². The number of methoxy groups -OCH3 is 1. The highest BCUT2D eigenvalue weighted by molar-refractivity contribution is 7.09. The third kappa shape index (κ3) is 3.77. The van der Waals surface area contributed by atoms with E-state index in [9.17, 15) is 4.39 Å². The Kier molecular flexibility index (Phi) is 5.09. The molecule has 0 fully saturated rings. The summed E-state index contributed by atoms with van der Waals surface area (Å²) in [5.74, 6) is -0.0322. The summed E-state index contributed by atoms with van der Waals surface area (Å²) >= 11 is 1.67. The van der Waals surface area contributed by atoms with Crippen LogP contribution in [0.1, 0.15) is 16.3 Å². The molecule has 0 saturated heterocycles. The van der Waals surface area contributed by atoms with Crippen LogP contribution in [0.2, 0.25) is 0 Å². The maximum absolute atomic E-state index is 13.7. The SMILES string of the molecule is CNC(Cc1ccc(OC)c(F)c1)Cc1nc(C)cs1. The molecule has 2 aromatic rings. The van der Waals surface area contributed by atoms with Gasteiger partial charge in [0.25, 0.3) is 0 Å². The maximum Gasteiger partial charge on any atom is 0.165 e. The Balaban J connectivity index is 2.04. The van der Waals surface area contributed by atoms with E-state index >= 15 is 0 Å². The van der Waals surface area contributed by atoms with Crippen LogP contribution in [-0.2, 0) is 12.8 Å². The molecule has 2 rings (SSSR count). The molecule has 0 radical (unpaired) electrons. The quantitative estimate of drug-likeness (QED) is 0.889. The molecule has 108 valence electrons. The van der Waals surface area contributed by atoms with E-state index in [0.717, 1.165) is 29.1 Å². The van der Waals surface area contributed by atoms with Crippen molar-refractivity contribution in [3.05, 3.63) is 45.7 Å². The van der Waals surface area contributed by atoms with Crippen molar-refractivity contribution >= 4 is 11.3 Å². The zero-order valence-electron chi connectivity index (χ0n) is 11.9. The predicted molar refractivity (Wildman–Crippen MR) is 80.1 cm³/mol. The van der Waals surface area contributed by atoms with Crippen LogP contribution >= 0.6 is 11.3 Å². The van der Waals surface area contributed by atoms with Crippen molar-refractivity contribution in [1.82, 2.24) is 10.3 Å². The van der Waals surface area contributed by atoms with Gasteiger partial charge in [0.1, 0.15) is 0 Å². The molecule has 1 aromatic carbocycles. The summed E-state index contributed by atoms with van der Waals surface area (Å²) in [6.07, 6.45) is 1.61. The summed E-state index contributed by atoms with van der Waals surface area (Å²) in [5.41, 5.74) is 2.01. The number of thiazole rings is 1. The fourth-order valence-corrected chi connectivity index (χ4v) is 2.96. The van der Waals surface area contributed by atoms with E-state index < -0.39 is 0 Å². The second-order valence-corrected chi connectivity index (χ2v) is 5.69. The number of nitrogens with zero attached hydrogens (tertiary/aromatic N) is 1. The minimum Gasteiger partial charge on any atom is -0.494 e. The summed E-state index contributed by atoms with van der Waals surface area (Å²) in [7, 11) is 3.39. The Hall–Kier alpha value is -1.46. The largest absolute Gasteiger partial charge is 0.494 e. The van der Waals surface area contributed by atoms with E-state index in [1.54, 1.807) is 17.4 Å². The van der Waals surface area contributed by atoms with E-state index in [1.165, 1.54) is 13.2 Å². The molecule has 0 bridgehead atoms. The highest BCUT2D eigenvalue weighted by atomic mass is 32.1. The number of aromatic nitrogens is 1. The van der Waals surface area contributed by atoms with Crippen LogP contribution in [0.25, 0.3) is 0 Å². The van der Waals surface area contributed by atoms with Crippen molar-refractivity contribution in [2.75, 3.05) is 14.2 Å². The zero-order chi connectivity index (χ0) is 14.5. The number of hydrogen-bond donors (Lipinski definition) is 1. The molecule has 1 heterocycles. The van der Waals surface area contributed by atoms with Gasteiger partial charge in [0.05, 0.1) is 12.1 Å². The molecule has 0 spiro atoms. The van der Waals surface area contributed by atoms with Gasteiger partial charge in [0, 0.05) is 23.5 Å². The smallest absolute Gasteiger partial charge is 0.165 e. The monoisotopic (exact) mass is 294 g/mol. The second-order valence-electron chi connectivity index (χ2n) is 4.75. The van der Waals surface area contributed by atoms with Gasteiger partial charge in [-0.2, -0.15) is 0 Å². The molecule has 3 nitrogen and oxygen atoms in total. The first-order chi connectivity index (χ1) is 9.62. The van der Waals surface area contributed by atoms with E-state index in [-0.39, 0.29) is 17.6 Å². The van der Waals surface area contributed by atoms with Gasteiger partial charge >= 0.3 is 0 Å². The van der Waals surface area contributed by atoms with Gasteiger partial charge < -0.3 is 10.1 Å². The van der Waals surface area contributed by atoms with Gasteiger partial charge in [0.2, 0.25) is 0 Å². The fraction of sp³-hybridized carbons (Fsp3) is 0.400. The van der Waals surface area contributed by atoms with E-state index in [2.05, 4.69) is 15.7 Å². The molecule has 1 atom stereocenters. The lowest BCUT2D eigenvalue weighted by molar-refractivity contribution is 0.386. The van der Waals surface area contributed by atoms with Crippen molar-refractivity contribution in [3.8, 4) is 5.75 Å². The Morgan fingerprint density at radius 3 is 2.75 bits per heavy atom. The second kappa shape index (κ2) is 6.81. The molecule has 0 aliphatic carbocycles. The molecule has 20 heavy (non-hydrogen) atoms. The summed E-state index contributed by atoms with van der Waals surface area (Å²) in [6.45, 7) is 1.99. The van der Waals surface area contributed by atoms with Crippen LogP contribution in [0.15, 0.2) is 23.6 Å². The third-order valence-electron chi connectivity index (χ3n) is 3.19. The molecule has 5 heteroatoms. The molecule has 1 N–H and O–H groups in total. The number of hydrogen-bond acceptors (Lipinski definition) is 4. The highest BCUT2D eigenvalue weighted by Crippen LogP contribution is 2.19.